The predicted octanol–water partition coefficient (Wildman–Crippen LogP) is 2.20. The summed E-state index contributed by atoms with van der Waals surface area (Å²) in [7, 11) is 0. The Hall–Kier alpha value is -2.21. The summed E-state index contributed by atoms with van der Waals surface area (Å²) < 4.78 is 14.7. The molecule has 21 heavy (non-hydrogen) atoms. The molecular formula is C15H17FN4O. The molecule has 2 N–H and O–H groups in total. The highest BCUT2D eigenvalue weighted by Gasteiger charge is 2.17. The highest BCUT2D eigenvalue weighted by Crippen LogP contribution is 2.16. The number of piperidine rings is 1. The molecule has 6 heteroatoms. The fourth-order valence-corrected chi connectivity index (χ4v) is 2.45. The van der Waals surface area contributed by atoms with E-state index in [0.717, 1.165) is 25.9 Å². The van der Waals surface area contributed by atoms with E-state index in [1.807, 2.05) is 10.9 Å². The molecule has 1 saturated heterocycles. The predicted molar refractivity (Wildman–Crippen MR) is 77.7 cm³/mol. The second kappa shape index (κ2) is 6.05. The molecule has 0 aliphatic carbocycles. The highest BCUT2D eigenvalue weighted by molar-refractivity contribution is 6.02. The van der Waals surface area contributed by atoms with E-state index in [0.29, 0.717) is 17.4 Å². The summed E-state index contributed by atoms with van der Waals surface area (Å²) in [5.74, 6) is -0.619. The second-order valence-corrected chi connectivity index (χ2v) is 5.14. The van der Waals surface area contributed by atoms with Crippen LogP contribution in [0.25, 0.3) is 0 Å². The molecule has 1 aliphatic rings. The van der Waals surface area contributed by atoms with Crippen LogP contribution in [0, 0.1) is 5.82 Å². The standard InChI is InChI=1S/C15H17FN4O/c16-11-3-5-12(6-4-11)18-15(21)14-7-9-20(19-14)13-2-1-8-17-10-13/h3-7,9,13,17H,1-2,8,10H2,(H,18,21). The third kappa shape index (κ3) is 3.28. The van der Waals surface area contributed by atoms with E-state index in [-0.39, 0.29) is 11.7 Å². The third-order valence-electron chi connectivity index (χ3n) is 3.59. The molecule has 1 atom stereocenters. The zero-order valence-corrected chi connectivity index (χ0v) is 11.6. The van der Waals surface area contributed by atoms with Gasteiger partial charge in [-0.3, -0.25) is 9.48 Å². The van der Waals surface area contributed by atoms with Crippen LogP contribution in [0.15, 0.2) is 36.5 Å². The van der Waals surface area contributed by atoms with Crippen molar-refractivity contribution in [2.24, 2.45) is 0 Å². The molecule has 0 bridgehead atoms. The van der Waals surface area contributed by atoms with Crippen LogP contribution in [-0.4, -0.2) is 28.8 Å². The van der Waals surface area contributed by atoms with Gasteiger partial charge < -0.3 is 10.6 Å². The van der Waals surface area contributed by atoms with Crippen LogP contribution >= 0.6 is 0 Å². The van der Waals surface area contributed by atoms with Crippen LogP contribution in [0.1, 0.15) is 29.4 Å². The Morgan fingerprint density at radius 2 is 2.14 bits per heavy atom. The van der Waals surface area contributed by atoms with Crippen molar-refractivity contribution >= 4 is 11.6 Å². The van der Waals surface area contributed by atoms with Crippen molar-refractivity contribution < 1.29 is 9.18 Å². The number of benzene rings is 1. The van der Waals surface area contributed by atoms with Gasteiger partial charge in [0.25, 0.3) is 5.91 Å². The lowest BCUT2D eigenvalue weighted by Gasteiger charge is -2.22. The molecule has 2 aromatic rings. The van der Waals surface area contributed by atoms with Crippen molar-refractivity contribution in [3.63, 3.8) is 0 Å². The molecule has 5 nitrogen and oxygen atoms in total. The van der Waals surface area contributed by atoms with Crippen molar-refractivity contribution in [3.05, 3.63) is 48.0 Å². The number of hydrogen-bond acceptors (Lipinski definition) is 3. The summed E-state index contributed by atoms with van der Waals surface area (Å²) in [5, 5.41) is 10.4. The molecule has 3 rings (SSSR count). The minimum atomic E-state index is -0.331. The topological polar surface area (TPSA) is 59.0 Å². The molecule has 1 aromatic heterocycles. The number of carbonyl (C=O) groups excluding carboxylic acids is 1. The summed E-state index contributed by atoms with van der Waals surface area (Å²) in [6.45, 7) is 1.91. The van der Waals surface area contributed by atoms with E-state index in [4.69, 9.17) is 0 Å². The summed E-state index contributed by atoms with van der Waals surface area (Å²) in [5.41, 5.74) is 0.917. The first kappa shape index (κ1) is 13.8. The minimum Gasteiger partial charge on any atom is -0.321 e. The van der Waals surface area contributed by atoms with E-state index in [1.165, 1.54) is 24.3 Å². The van der Waals surface area contributed by atoms with Crippen molar-refractivity contribution in [1.82, 2.24) is 15.1 Å². The quantitative estimate of drug-likeness (QED) is 0.910. The van der Waals surface area contributed by atoms with Gasteiger partial charge in [-0.25, -0.2) is 4.39 Å². The van der Waals surface area contributed by atoms with Gasteiger partial charge >= 0.3 is 0 Å². The number of halogens is 1. The molecule has 0 radical (unpaired) electrons. The largest absolute Gasteiger partial charge is 0.321 e. The van der Waals surface area contributed by atoms with E-state index in [1.54, 1.807) is 6.07 Å². The van der Waals surface area contributed by atoms with Gasteiger partial charge in [-0.1, -0.05) is 0 Å². The molecule has 1 amide bonds. The Morgan fingerprint density at radius 3 is 2.86 bits per heavy atom. The van der Waals surface area contributed by atoms with Crippen molar-refractivity contribution in [1.29, 1.82) is 0 Å². The van der Waals surface area contributed by atoms with Crippen molar-refractivity contribution in [2.75, 3.05) is 18.4 Å². The maximum atomic E-state index is 12.8. The zero-order chi connectivity index (χ0) is 14.7. The van der Waals surface area contributed by atoms with E-state index in [9.17, 15) is 9.18 Å². The van der Waals surface area contributed by atoms with Gasteiger partial charge in [0.1, 0.15) is 5.82 Å². The van der Waals surface area contributed by atoms with Crippen LogP contribution in [0.5, 0.6) is 0 Å². The lowest BCUT2D eigenvalue weighted by Crippen LogP contribution is -2.32. The molecule has 1 aromatic carbocycles. The number of amides is 1. The van der Waals surface area contributed by atoms with Crippen LogP contribution in [0.4, 0.5) is 10.1 Å². The molecule has 1 fully saturated rings. The molecule has 110 valence electrons. The monoisotopic (exact) mass is 288 g/mol. The average Bonchev–Trinajstić information content (AvgIpc) is 3.00. The Balaban J connectivity index is 1.67. The number of nitrogens with one attached hydrogen (secondary N) is 2. The average molecular weight is 288 g/mol. The van der Waals surface area contributed by atoms with Gasteiger partial charge in [-0.05, 0) is 49.7 Å². The normalized spacial score (nSPS) is 18.4. The first-order chi connectivity index (χ1) is 10.2. The van der Waals surface area contributed by atoms with Crippen LogP contribution in [0.2, 0.25) is 0 Å². The van der Waals surface area contributed by atoms with E-state index in [2.05, 4.69) is 15.7 Å². The van der Waals surface area contributed by atoms with Crippen LogP contribution in [-0.2, 0) is 0 Å². The van der Waals surface area contributed by atoms with Gasteiger partial charge in [-0.15, -0.1) is 0 Å². The second-order valence-electron chi connectivity index (χ2n) is 5.14. The Labute approximate surface area is 122 Å². The Bertz CT molecular complexity index is 617. The number of aromatic nitrogens is 2. The zero-order valence-electron chi connectivity index (χ0n) is 11.6. The fourth-order valence-electron chi connectivity index (χ4n) is 2.45. The van der Waals surface area contributed by atoms with Gasteiger partial charge in [0.05, 0.1) is 6.04 Å². The van der Waals surface area contributed by atoms with Crippen molar-refractivity contribution in [3.8, 4) is 0 Å². The van der Waals surface area contributed by atoms with Crippen LogP contribution < -0.4 is 10.6 Å². The molecular weight excluding hydrogens is 271 g/mol. The number of hydrogen-bond donors (Lipinski definition) is 2. The maximum Gasteiger partial charge on any atom is 0.276 e. The molecule has 0 saturated carbocycles. The summed E-state index contributed by atoms with van der Waals surface area (Å²) in [6.07, 6.45) is 4.01. The lowest BCUT2D eigenvalue weighted by molar-refractivity contribution is 0.102. The first-order valence-electron chi connectivity index (χ1n) is 7.05. The molecule has 0 spiro atoms. The smallest absolute Gasteiger partial charge is 0.276 e. The Morgan fingerprint density at radius 1 is 1.33 bits per heavy atom. The fraction of sp³-hybridized carbons (Fsp3) is 0.333. The van der Waals surface area contributed by atoms with E-state index < -0.39 is 0 Å². The van der Waals surface area contributed by atoms with Gasteiger partial charge in [0.15, 0.2) is 5.69 Å². The molecule has 1 aliphatic heterocycles. The SMILES string of the molecule is O=C(Nc1ccc(F)cc1)c1ccn(C2CCCNC2)n1. The molecule has 1 unspecified atom stereocenters. The van der Waals surface area contributed by atoms with E-state index >= 15 is 0 Å². The van der Waals surface area contributed by atoms with Gasteiger partial charge in [0, 0.05) is 18.4 Å². The third-order valence-corrected chi connectivity index (χ3v) is 3.59. The summed E-state index contributed by atoms with van der Waals surface area (Å²) in [6, 6.07) is 7.66. The van der Waals surface area contributed by atoms with Gasteiger partial charge in [0.2, 0.25) is 0 Å². The lowest BCUT2D eigenvalue weighted by atomic mass is 10.1. The van der Waals surface area contributed by atoms with Crippen molar-refractivity contribution in [2.45, 2.75) is 18.9 Å². The Kier molecular flexibility index (Phi) is 3.96. The summed E-state index contributed by atoms with van der Waals surface area (Å²) >= 11 is 0. The maximum absolute atomic E-state index is 12.8. The first-order valence-corrected chi connectivity index (χ1v) is 7.05. The summed E-state index contributed by atoms with van der Waals surface area (Å²) in [4.78, 5) is 12.1. The van der Waals surface area contributed by atoms with Crippen LogP contribution in [0.3, 0.4) is 0 Å². The highest BCUT2D eigenvalue weighted by atomic mass is 19.1. The number of carbonyl (C=O) groups is 1. The van der Waals surface area contributed by atoms with Gasteiger partial charge in [-0.2, -0.15) is 5.10 Å². The number of rotatable bonds is 3. The molecule has 2 heterocycles. The number of anilines is 1. The minimum absolute atomic E-state index is 0.288. The number of nitrogens with zero attached hydrogens (tertiary/aromatic N) is 2.